The van der Waals surface area contributed by atoms with Crippen molar-refractivity contribution in [1.82, 2.24) is 10.2 Å². The minimum atomic E-state index is -2.58. The summed E-state index contributed by atoms with van der Waals surface area (Å²) in [6.07, 6.45) is -2.58. The lowest BCUT2D eigenvalue weighted by Crippen LogP contribution is -1.85. The largest absolute Gasteiger partial charge is 0.280 e. The van der Waals surface area contributed by atoms with E-state index < -0.39 is 6.43 Å². The fourth-order valence-electron chi connectivity index (χ4n) is 1.40. The molecule has 2 rings (SSSR count). The number of alkyl halides is 2. The third kappa shape index (κ3) is 1.26. The first-order valence-electron chi connectivity index (χ1n) is 4.02. The predicted octanol–water partition coefficient (Wildman–Crippen LogP) is 3.46. The summed E-state index contributed by atoms with van der Waals surface area (Å²) in [5, 5.41) is 6.74. The SMILES string of the molecule is Cc1ccc(Cl)c2c(C(F)F)[nH]nc12. The lowest BCUT2D eigenvalue weighted by Gasteiger charge is -1.99. The van der Waals surface area contributed by atoms with E-state index >= 15 is 0 Å². The Morgan fingerprint density at radius 2 is 2.14 bits per heavy atom. The zero-order valence-electron chi connectivity index (χ0n) is 7.31. The van der Waals surface area contributed by atoms with Gasteiger partial charge in [0.2, 0.25) is 0 Å². The zero-order valence-corrected chi connectivity index (χ0v) is 8.07. The monoisotopic (exact) mass is 216 g/mol. The van der Waals surface area contributed by atoms with Crippen LogP contribution in [0.5, 0.6) is 0 Å². The average Bonchev–Trinajstić information content (AvgIpc) is 2.56. The van der Waals surface area contributed by atoms with Gasteiger partial charge in [0.15, 0.2) is 0 Å². The zero-order chi connectivity index (χ0) is 10.3. The van der Waals surface area contributed by atoms with Crippen LogP contribution in [0.4, 0.5) is 8.78 Å². The van der Waals surface area contributed by atoms with Gasteiger partial charge in [0.1, 0.15) is 5.69 Å². The molecule has 2 nitrogen and oxygen atoms in total. The van der Waals surface area contributed by atoms with E-state index in [1.54, 1.807) is 19.1 Å². The molecule has 0 aliphatic heterocycles. The number of benzene rings is 1. The molecule has 0 radical (unpaired) electrons. The number of H-pyrrole nitrogens is 1. The second kappa shape index (κ2) is 3.20. The van der Waals surface area contributed by atoms with Gasteiger partial charge >= 0.3 is 0 Å². The maximum Gasteiger partial charge on any atom is 0.280 e. The Morgan fingerprint density at radius 3 is 2.79 bits per heavy atom. The van der Waals surface area contributed by atoms with Crippen molar-refractivity contribution >= 4 is 22.5 Å². The molecular weight excluding hydrogens is 210 g/mol. The number of nitrogens with zero attached hydrogens (tertiary/aromatic N) is 1. The van der Waals surface area contributed by atoms with Gasteiger partial charge in [-0.2, -0.15) is 5.10 Å². The van der Waals surface area contributed by atoms with Crippen LogP contribution in [0.3, 0.4) is 0 Å². The van der Waals surface area contributed by atoms with Gasteiger partial charge in [-0.05, 0) is 18.6 Å². The Morgan fingerprint density at radius 1 is 1.43 bits per heavy atom. The average molecular weight is 217 g/mol. The molecule has 0 amide bonds. The Hall–Kier alpha value is -1.16. The first-order valence-corrected chi connectivity index (χ1v) is 4.40. The summed E-state index contributed by atoms with van der Waals surface area (Å²) in [5.74, 6) is 0. The standard InChI is InChI=1S/C9H7ClF2N2/c1-4-2-3-5(10)6-7(4)13-14-8(6)9(11)12/h2-3,9H,1H3,(H,13,14). The number of nitrogens with one attached hydrogen (secondary N) is 1. The quantitative estimate of drug-likeness (QED) is 0.777. The fourth-order valence-corrected chi connectivity index (χ4v) is 1.66. The Balaban J connectivity index is 2.84. The molecule has 0 spiro atoms. The predicted molar refractivity (Wildman–Crippen MR) is 50.8 cm³/mol. The number of aryl methyl sites for hydroxylation is 1. The van der Waals surface area contributed by atoms with E-state index in [0.717, 1.165) is 5.56 Å². The summed E-state index contributed by atoms with van der Waals surface area (Å²) in [5.41, 5.74) is 1.12. The van der Waals surface area contributed by atoms with E-state index in [0.29, 0.717) is 15.9 Å². The van der Waals surface area contributed by atoms with Crippen LogP contribution in [-0.2, 0) is 0 Å². The fraction of sp³-hybridized carbons (Fsp3) is 0.222. The lowest BCUT2D eigenvalue weighted by molar-refractivity contribution is 0.147. The van der Waals surface area contributed by atoms with Crippen LogP contribution >= 0.6 is 11.6 Å². The van der Waals surface area contributed by atoms with E-state index in [4.69, 9.17) is 11.6 Å². The van der Waals surface area contributed by atoms with Gasteiger partial charge in [-0.1, -0.05) is 17.7 Å². The second-order valence-corrected chi connectivity index (χ2v) is 3.43. The number of halogens is 3. The number of hydrogen-bond acceptors (Lipinski definition) is 1. The van der Waals surface area contributed by atoms with E-state index in [1.165, 1.54) is 0 Å². The van der Waals surface area contributed by atoms with Gasteiger partial charge in [-0.3, -0.25) is 5.10 Å². The van der Waals surface area contributed by atoms with E-state index in [9.17, 15) is 8.78 Å². The summed E-state index contributed by atoms with van der Waals surface area (Å²) in [6, 6.07) is 3.35. The Bertz CT molecular complexity index is 479. The van der Waals surface area contributed by atoms with Crippen LogP contribution in [-0.4, -0.2) is 10.2 Å². The lowest BCUT2D eigenvalue weighted by atomic mass is 10.1. The van der Waals surface area contributed by atoms with Gasteiger partial charge in [0.25, 0.3) is 6.43 Å². The molecule has 1 aromatic carbocycles. The molecule has 1 N–H and O–H groups in total. The van der Waals surface area contributed by atoms with Crippen molar-refractivity contribution in [2.75, 3.05) is 0 Å². The molecule has 0 bridgehead atoms. The van der Waals surface area contributed by atoms with Crippen molar-refractivity contribution in [3.8, 4) is 0 Å². The Labute approximate surface area is 83.9 Å². The molecule has 14 heavy (non-hydrogen) atoms. The summed E-state index contributed by atoms with van der Waals surface area (Å²) in [7, 11) is 0. The molecule has 74 valence electrons. The van der Waals surface area contributed by atoms with E-state index in [2.05, 4.69) is 10.2 Å². The molecule has 1 aromatic heterocycles. The summed E-state index contributed by atoms with van der Waals surface area (Å²) in [4.78, 5) is 0. The van der Waals surface area contributed by atoms with Crippen LogP contribution in [0.25, 0.3) is 10.9 Å². The van der Waals surface area contributed by atoms with Crippen molar-refractivity contribution in [1.29, 1.82) is 0 Å². The maximum absolute atomic E-state index is 12.5. The third-order valence-electron chi connectivity index (χ3n) is 2.10. The topological polar surface area (TPSA) is 28.7 Å². The molecular formula is C9H7ClF2N2. The van der Waals surface area contributed by atoms with Crippen LogP contribution in [0.2, 0.25) is 5.02 Å². The van der Waals surface area contributed by atoms with Crippen LogP contribution in [0.15, 0.2) is 12.1 Å². The van der Waals surface area contributed by atoms with Gasteiger partial charge in [-0.25, -0.2) is 8.78 Å². The maximum atomic E-state index is 12.5. The van der Waals surface area contributed by atoms with Gasteiger partial charge in [0.05, 0.1) is 10.5 Å². The van der Waals surface area contributed by atoms with Gasteiger partial charge in [-0.15, -0.1) is 0 Å². The molecule has 0 aliphatic carbocycles. The molecule has 0 aliphatic rings. The number of aromatic nitrogens is 2. The molecule has 5 heteroatoms. The van der Waals surface area contributed by atoms with Crippen molar-refractivity contribution in [2.45, 2.75) is 13.3 Å². The molecule has 0 saturated heterocycles. The highest BCUT2D eigenvalue weighted by atomic mass is 35.5. The molecule has 2 aromatic rings. The Kier molecular flexibility index (Phi) is 2.15. The van der Waals surface area contributed by atoms with Crippen molar-refractivity contribution in [2.24, 2.45) is 0 Å². The first-order chi connectivity index (χ1) is 6.61. The van der Waals surface area contributed by atoms with Crippen molar-refractivity contribution in [3.63, 3.8) is 0 Å². The molecule has 0 saturated carbocycles. The number of rotatable bonds is 1. The van der Waals surface area contributed by atoms with Crippen LogP contribution in [0.1, 0.15) is 17.7 Å². The smallest absolute Gasteiger partial charge is 0.275 e. The normalized spacial score (nSPS) is 11.5. The molecule has 0 atom stereocenters. The number of aromatic amines is 1. The molecule has 1 heterocycles. The van der Waals surface area contributed by atoms with E-state index in [-0.39, 0.29) is 5.69 Å². The van der Waals surface area contributed by atoms with Crippen molar-refractivity contribution < 1.29 is 8.78 Å². The minimum absolute atomic E-state index is 0.214. The van der Waals surface area contributed by atoms with Gasteiger partial charge < -0.3 is 0 Å². The highest BCUT2D eigenvalue weighted by Gasteiger charge is 2.17. The van der Waals surface area contributed by atoms with Crippen LogP contribution < -0.4 is 0 Å². The third-order valence-corrected chi connectivity index (χ3v) is 2.42. The summed E-state index contributed by atoms with van der Waals surface area (Å²) in [6.45, 7) is 1.80. The molecule has 0 unspecified atom stereocenters. The second-order valence-electron chi connectivity index (χ2n) is 3.03. The summed E-state index contributed by atoms with van der Waals surface area (Å²) >= 11 is 5.83. The van der Waals surface area contributed by atoms with E-state index in [1.807, 2.05) is 0 Å². The first kappa shape index (κ1) is 9.40. The van der Waals surface area contributed by atoms with Crippen molar-refractivity contribution in [3.05, 3.63) is 28.4 Å². The number of fused-ring (bicyclic) bond motifs is 1. The minimum Gasteiger partial charge on any atom is -0.275 e. The van der Waals surface area contributed by atoms with Gasteiger partial charge in [0, 0.05) is 5.39 Å². The highest BCUT2D eigenvalue weighted by Crippen LogP contribution is 2.32. The number of hydrogen-bond donors (Lipinski definition) is 1. The molecule has 0 fully saturated rings. The highest BCUT2D eigenvalue weighted by molar-refractivity contribution is 6.35. The van der Waals surface area contributed by atoms with Crippen LogP contribution in [0, 0.1) is 6.92 Å². The summed E-state index contributed by atoms with van der Waals surface area (Å²) < 4.78 is 25.0.